The van der Waals surface area contributed by atoms with E-state index in [2.05, 4.69) is 20.9 Å². The molecule has 0 spiro atoms. The van der Waals surface area contributed by atoms with Crippen molar-refractivity contribution < 1.29 is 58.8 Å². The molecule has 4 heterocycles. The van der Waals surface area contributed by atoms with Crippen molar-refractivity contribution in [1.82, 2.24) is 30.5 Å². The number of nitrogen functional groups attached to an aromatic ring is 1. The van der Waals surface area contributed by atoms with Crippen molar-refractivity contribution in [2.24, 2.45) is 5.16 Å². The normalized spacial score (nSPS) is 21.8. The van der Waals surface area contributed by atoms with Crippen LogP contribution in [0.4, 0.5) is 9.93 Å². The molecule has 266 valence electrons. The Kier molecular flexibility index (Phi) is 9.42. The third-order valence-corrected chi connectivity index (χ3v) is 10.8. The van der Waals surface area contributed by atoms with E-state index in [1.165, 1.54) is 0 Å². The molecule has 3 saturated heterocycles. The zero-order valence-corrected chi connectivity index (χ0v) is 28.5. The number of carbonyl (C=O) groups excluding carboxylic acids is 5. The third-order valence-electron chi connectivity index (χ3n) is 7.61. The summed E-state index contributed by atoms with van der Waals surface area (Å²) in [4.78, 5) is 98.5. The van der Waals surface area contributed by atoms with Crippen molar-refractivity contribution in [3.05, 3.63) is 32.7 Å². The number of nitrogens with zero attached hydrogens (tertiary/aromatic N) is 5. The van der Waals surface area contributed by atoms with Gasteiger partial charge in [0.2, 0.25) is 16.4 Å². The average Bonchev–Trinajstić information content (AvgIpc) is 3.71. The van der Waals surface area contributed by atoms with Crippen LogP contribution in [0.5, 0.6) is 11.5 Å². The van der Waals surface area contributed by atoms with E-state index in [0.717, 1.165) is 47.1 Å². The number of hydrazine groups is 1. The minimum Gasteiger partial charge on any atom is -0.504 e. The molecule has 0 saturated carbocycles. The minimum atomic E-state index is -2.11. The van der Waals surface area contributed by atoms with Crippen LogP contribution in [-0.4, -0.2) is 129 Å². The van der Waals surface area contributed by atoms with E-state index in [0.29, 0.717) is 16.8 Å². The fourth-order valence-electron chi connectivity index (χ4n) is 4.87. The SMILES string of the molecule is CC(C)(O/N=C(\C(=O)N[C@@H]1C(=O)N2C[C@@](C(=O)O)(N3CCN(NC(=O)C(=O)c4ccc(O)c(O)c4Cl)C3=O)S[C@@H]12)c1nc(N)sc1Cl)C(=O)O. The highest BCUT2D eigenvalue weighted by Crippen LogP contribution is 2.49. The molecule has 3 atom stereocenters. The number of hydrogen-bond acceptors (Lipinski definition) is 15. The number of thiazole rings is 1. The highest BCUT2D eigenvalue weighted by atomic mass is 35.5. The minimum absolute atomic E-state index is 0.0696. The van der Waals surface area contributed by atoms with Crippen LogP contribution >= 0.6 is 46.3 Å². The van der Waals surface area contributed by atoms with Gasteiger partial charge in [0.1, 0.15) is 21.4 Å². The number of oxime groups is 1. The van der Waals surface area contributed by atoms with Crippen LogP contribution < -0.4 is 16.5 Å². The second-order valence-electron chi connectivity index (χ2n) is 11.2. The van der Waals surface area contributed by atoms with Gasteiger partial charge in [-0.05, 0) is 26.0 Å². The van der Waals surface area contributed by atoms with E-state index >= 15 is 0 Å². The van der Waals surface area contributed by atoms with Gasteiger partial charge in [0, 0.05) is 6.54 Å². The molecule has 24 heteroatoms. The smallest absolute Gasteiger partial charge is 0.350 e. The molecule has 5 rings (SSSR count). The number of nitrogens with two attached hydrogens (primary N) is 1. The number of urea groups is 1. The van der Waals surface area contributed by atoms with E-state index in [1.54, 1.807) is 0 Å². The van der Waals surface area contributed by atoms with Crippen LogP contribution in [0.15, 0.2) is 17.3 Å². The van der Waals surface area contributed by atoms with Gasteiger partial charge in [0.25, 0.3) is 11.7 Å². The van der Waals surface area contributed by atoms with Crippen LogP contribution in [0.1, 0.15) is 29.9 Å². The van der Waals surface area contributed by atoms with E-state index in [9.17, 15) is 54.0 Å². The lowest BCUT2D eigenvalue weighted by atomic mass is 10.1. The average molecular weight is 776 g/mol. The number of nitrogens with one attached hydrogen (secondary N) is 2. The number of aliphatic carboxylic acids is 2. The number of benzene rings is 1. The fraction of sp³-hybridized carbons (Fsp3) is 0.346. The zero-order chi connectivity index (χ0) is 37.0. The molecule has 50 heavy (non-hydrogen) atoms. The monoisotopic (exact) mass is 774 g/mol. The summed E-state index contributed by atoms with van der Waals surface area (Å²) in [5.41, 5.74) is 4.45. The van der Waals surface area contributed by atoms with Crippen LogP contribution in [0.25, 0.3) is 0 Å². The first kappa shape index (κ1) is 36.2. The van der Waals surface area contributed by atoms with E-state index < -0.39 is 97.7 Å². The van der Waals surface area contributed by atoms with Gasteiger partial charge in [0.15, 0.2) is 22.3 Å². The Morgan fingerprint density at radius 1 is 1.12 bits per heavy atom. The largest absolute Gasteiger partial charge is 0.504 e. The molecule has 3 aliphatic rings. The number of amides is 5. The second-order valence-corrected chi connectivity index (χ2v) is 14.6. The lowest BCUT2D eigenvalue weighted by Gasteiger charge is -2.41. The molecule has 0 bridgehead atoms. The van der Waals surface area contributed by atoms with Crippen molar-refractivity contribution in [1.29, 1.82) is 0 Å². The number of fused-ring (bicyclic) bond motifs is 1. The first-order valence-electron chi connectivity index (χ1n) is 13.9. The van der Waals surface area contributed by atoms with Gasteiger partial charge in [-0.2, -0.15) is 0 Å². The summed E-state index contributed by atoms with van der Waals surface area (Å²) in [5, 5.41) is 44.0. The molecule has 0 radical (unpaired) electrons. The number of hydrogen-bond donors (Lipinski definition) is 7. The van der Waals surface area contributed by atoms with Crippen molar-refractivity contribution in [3.63, 3.8) is 0 Å². The maximum absolute atomic E-state index is 13.4. The van der Waals surface area contributed by atoms with Crippen LogP contribution in [0.3, 0.4) is 0 Å². The lowest BCUT2D eigenvalue weighted by molar-refractivity contribution is -0.161. The molecule has 0 unspecified atom stereocenters. The highest BCUT2D eigenvalue weighted by molar-refractivity contribution is 8.02. The van der Waals surface area contributed by atoms with Crippen molar-refractivity contribution in [2.45, 2.75) is 35.7 Å². The number of β-lactam (4-membered cyclic amide) rings is 1. The molecular weight excluding hydrogens is 751 g/mol. The lowest BCUT2D eigenvalue weighted by Crippen LogP contribution is -2.68. The molecule has 5 amide bonds. The van der Waals surface area contributed by atoms with Crippen molar-refractivity contribution in [2.75, 3.05) is 25.4 Å². The number of phenolic OH excluding ortho intramolecular Hbond substituents is 2. The quantitative estimate of drug-likeness (QED) is 0.0390. The number of rotatable bonds is 11. The number of aromatic hydroxyl groups is 2. The Hall–Kier alpha value is -5.06. The predicted molar refractivity (Wildman–Crippen MR) is 172 cm³/mol. The molecule has 20 nitrogen and oxygen atoms in total. The van der Waals surface area contributed by atoms with Gasteiger partial charge in [-0.3, -0.25) is 29.5 Å². The number of thioether (sulfide) groups is 1. The number of phenols is 2. The third kappa shape index (κ3) is 6.14. The highest BCUT2D eigenvalue weighted by Gasteiger charge is 2.66. The molecule has 8 N–H and O–H groups in total. The fourth-order valence-corrected chi connectivity index (χ4v) is 7.68. The molecular formula is C26H24Cl2N8O12S2. The van der Waals surface area contributed by atoms with Gasteiger partial charge >= 0.3 is 23.9 Å². The number of Topliss-reactive ketones (excluding diaryl/α,β-unsaturated/α-hetero) is 1. The van der Waals surface area contributed by atoms with Gasteiger partial charge < -0.3 is 41.2 Å². The zero-order valence-electron chi connectivity index (χ0n) is 25.4. The van der Waals surface area contributed by atoms with Crippen LogP contribution in [0.2, 0.25) is 9.36 Å². The topological polar surface area (TPSA) is 295 Å². The molecule has 0 aliphatic carbocycles. The number of aromatic nitrogens is 1. The van der Waals surface area contributed by atoms with Crippen LogP contribution in [-0.2, 0) is 28.8 Å². The van der Waals surface area contributed by atoms with Gasteiger partial charge in [-0.1, -0.05) is 51.5 Å². The Morgan fingerprint density at radius 3 is 2.40 bits per heavy atom. The Morgan fingerprint density at radius 2 is 1.80 bits per heavy atom. The summed E-state index contributed by atoms with van der Waals surface area (Å²) in [6.07, 6.45) is 0. The van der Waals surface area contributed by atoms with Gasteiger partial charge in [0.05, 0.1) is 23.7 Å². The Bertz CT molecular complexity index is 1910. The first-order chi connectivity index (χ1) is 23.3. The maximum atomic E-state index is 13.4. The van der Waals surface area contributed by atoms with E-state index in [1.807, 2.05) is 0 Å². The van der Waals surface area contributed by atoms with E-state index in [4.69, 9.17) is 33.8 Å². The summed E-state index contributed by atoms with van der Waals surface area (Å²) < 4.78 is -0.106. The summed E-state index contributed by atoms with van der Waals surface area (Å²) in [6.45, 7) is 1.21. The van der Waals surface area contributed by atoms with E-state index in [-0.39, 0.29) is 28.3 Å². The Balaban J connectivity index is 1.32. The standard InChI is InChI=1S/C26H24Cl2N8O12S2/c1-25(2,21(43)44)48-33-12(11-16(28)49-23(29)31-11)17(40)30-13-19(42)34-7-26(22(45)46,50-20(13)34)35-5-6-36(24(35)47)32-18(41)14(38)8-3-4-9(37)15(39)10(8)27/h3-4,13,20,37,39H,5-7H2,1-2H3,(H2,29,31)(H,30,40)(H,32,41)(H,43,44)(H,45,46)/b33-12-/t13-,20+,26-/m1/s1. The Labute approximate surface area is 297 Å². The van der Waals surface area contributed by atoms with Crippen LogP contribution in [0, 0.1) is 0 Å². The summed E-state index contributed by atoms with van der Waals surface area (Å²) in [7, 11) is 0. The number of halogens is 2. The molecule has 3 aliphatic heterocycles. The number of carboxylic acid groups (broad SMARTS) is 2. The van der Waals surface area contributed by atoms with Gasteiger partial charge in [-0.15, -0.1) is 0 Å². The second kappa shape index (κ2) is 13.0. The number of carbonyl (C=O) groups is 7. The summed E-state index contributed by atoms with van der Waals surface area (Å²) in [5.74, 6) is -8.93. The molecule has 2 aromatic rings. The maximum Gasteiger partial charge on any atom is 0.350 e. The molecule has 3 fully saturated rings. The van der Waals surface area contributed by atoms with Gasteiger partial charge in [-0.25, -0.2) is 24.4 Å². The summed E-state index contributed by atoms with van der Waals surface area (Å²) in [6, 6.07) is -0.509. The number of carboxylic acids is 2. The predicted octanol–water partition coefficient (Wildman–Crippen LogP) is -0.140. The number of anilines is 1. The first-order valence-corrected chi connectivity index (χ1v) is 16.3. The van der Waals surface area contributed by atoms with Crippen molar-refractivity contribution in [3.8, 4) is 11.5 Å². The summed E-state index contributed by atoms with van der Waals surface area (Å²) >= 11 is 13.4. The van der Waals surface area contributed by atoms with Crippen molar-refractivity contribution >= 4 is 98.6 Å². The number of ketones is 1. The molecule has 1 aromatic carbocycles. The molecule has 1 aromatic heterocycles.